The zero-order valence-electron chi connectivity index (χ0n) is 44.9. The lowest BCUT2D eigenvalue weighted by Gasteiger charge is -2.10. The molecule has 0 radical (unpaired) electrons. The van der Waals surface area contributed by atoms with Crippen LogP contribution < -0.4 is 0 Å². The number of hydrogen-bond donors (Lipinski definition) is 0. The lowest BCUT2D eigenvalue weighted by Crippen LogP contribution is -2.24. The first-order valence-corrected chi connectivity index (χ1v) is 24.9. The third-order valence-corrected chi connectivity index (χ3v) is 9.49. The predicted octanol–water partition coefficient (Wildman–Crippen LogP) is 15.5. The Morgan fingerprint density at radius 2 is 0.765 bits per heavy atom. The van der Waals surface area contributed by atoms with Crippen LogP contribution in [0.4, 0.5) is 0 Å². The topological polar surface area (TPSA) is 55.9 Å². The molecular weight excluding hydrogens is 837 g/mol. The smallest absolute Gasteiger partial charge is 0.219 e. The number of methoxy groups -OCH3 is 1. The van der Waals surface area contributed by atoms with Crippen LogP contribution >= 0.6 is 0 Å². The van der Waals surface area contributed by atoms with Crippen LogP contribution in [0.5, 0.6) is 0 Å². The van der Waals surface area contributed by atoms with Crippen LogP contribution in [0.25, 0.3) is 10.8 Å². The fourth-order valence-corrected chi connectivity index (χ4v) is 5.57. The van der Waals surface area contributed by atoms with E-state index in [1.165, 1.54) is 84.9 Å². The van der Waals surface area contributed by atoms with Gasteiger partial charge in [0.1, 0.15) is 0 Å². The van der Waals surface area contributed by atoms with Crippen LogP contribution in [-0.2, 0) is 20.9 Å². The molecule has 4 aliphatic heterocycles. The van der Waals surface area contributed by atoms with E-state index in [0.29, 0.717) is 6.61 Å². The van der Waals surface area contributed by atoms with Crippen molar-refractivity contribution in [1.29, 1.82) is 0 Å². The number of nitrogens with zero attached hydrogens (tertiary/aromatic N) is 4. The largest absolute Gasteiger partial charge is 0.380 e. The lowest BCUT2D eigenvalue weighted by molar-refractivity contribution is -0.127. The molecule has 0 saturated carbocycles. The molecule has 4 saturated heterocycles. The molecule has 0 atom stereocenters. The van der Waals surface area contributed by atoms with Crippen LogP contribution in [0.3, 0.4) is 0 Å². The van der Waals surface area contributed by atoms with Crippen LogP contribution in [0, 0.1) is 20.8 Å². The van der Waals surface area contributed by atoms with Crippen LogP contribution in [0.1, 0.15) is 132 Å². The van der Waals surface area contributed by atoms with Crippen molar-refractivity contribution in [2.75, 3.05) is 73.6 Å². The average molecular weight is 942 g/mol. The summed E-state index contributed by atoms with van der Waals surface area (Å²) in [5.41, 5.74) is 5.22. The first-order chi connectivity index (χ1) is 32.0. The summed E-state index contributed by atoms with van der Waals surface area (Å²) in [7, 11) is 5.99. The van der Waals surface area contributed by atoms with Crippen molar-refractivity contribution in [1.82, 2.24) is 19.6 Å². The van der Waals surface area contributed by atoms with E-state index in [1.807, 2.05) is 127 Å². The summed E-state index contributed by atoms with van der Waals surface area (Å²) in [6.07, 6.45) is 5.21. The second-order valence-corrected chi connectivity index (χ2v) is 15.1. The predicted molar refractivity (Wildman–Crippen MR) is 305 cm³/mol. The summed E-state index contributed by atoms with van der Waals surface area (Å²) in [5.74, 6) is 0.428. The Morgan fingerprint density at radius 3 is 1.03 bits per heavy atom. The van der Waals surface area contributed by atoms with E-state index >= 15 is 0 Å². The number of hydrogen-bond acceptors (Lipinski definition) is 5. The third kappa shape index (κ3) is 43.7. The van der Waals surface area contributed by atoms with Crippen molar-refractivity contribution < 1.29 is 14.3 Å². The minimum Gasteiger partial charge on any atom is -0.380 e. The molecule has 68 heavy (non-hydrogen) atoms. The van der Waals surface area contributed by atoms with E-state index in [9.17, 15) is 9.59 Å². The number of aryl methyl sites for hydroxylation is 3. The molecule has 5 aromatic rings. The summed E-state index contributed by atoms with van der Waals surface area (Å²) in [6.45, 7) is 35.4. The first kappa shape index (κ1) is 72.2. The minimum atomic E-state index is 0. The van der Waals surface area contributed by atoms with Crippen LogP contribution in [0.15, 0.2) is 133 Å². The molecular formula is C61H104N4O3. The van der Waals surface area contributed by atoms with Crippen molar-refractivity contribution >= 4 is 22.6 Å². The summed E-state index contributed by atoms with van der Waals surface area (Å²) >= 11 is 0. The van der Waals surface area contributed by atoms with Gasteiger partial charge in [0.25, 0.3) is 0 Å². The van der Waals surface area contributed by atoms with Crippen molar-refractivity contribution in [3.63, 3.8) is 0 Å². The van der Waals surface area contributed by atoms with Gasteiger partial charge in [-0.15, -0.1) is 0 Å². The Bertz CT molecular complexity index is 1720. The molecule has 386 valence electrons. The maximum absolute atomic E-state index is 10.6. The van der Waals surface area contributed by atoms with Gasteiger partial charge in [0, 0.05) is 60.2 Å². The van der Waals surface area contributed by atoms with Crippen molar-refractivity contribution in [3.8, 4) is 0 Å². The van der Waals surface area contributed by atoms with Gasteiger partial charge in [-0.2, -0.15) is 0 Å². The summed E-state index contributed by atoms with van der Waals surface area (Å²) in [5, 5.41) is 2.68. The lowest BCUT2D eigenvalue weighted by atomic mass is 10.1. The molecule has 0 spiro atoms. The summed E-state index contributed by atoms with van der Waals surface area (Å²) in [4.78, 5) is 29.0. The maximum Gasteiger partial charge on any atom is 0.219 e. The van der Waals surface area contributed by atoms with Gasteiger partial charge in [0.05, 0.1) is 6.61 Å². The second-order valence-electron chi connectivity index (χ2n) is 15.1. The molecule has 2 amide bonds. The molecule has 4 heterocycles. The monoisotopic (exact) mass is 941 g/mol. The van der Waals surface area contributed by atoms with Crippen molar-refractivity contribution in [2.24, 2.45) is 0 Å². The molecule has 5 aromatic carbocycles. The fraction of sp³-hybridized carbons (Fsp3) is 0.508. The van der Waals surface area contributed by atoms with Gasteiger partial charge in [-0.05, 0) is 95.5 Å². The number of carbonyl (C=O) groups is 2. The van der Waals surface area contributed by atoms with Gasteiger partial charge in [-0.25, -0.2) is 0 Å². The second kappa shape index (κ2) is 51.6. The normalized spacial score (nSPS) is 12.7. The van der Waals surface area contributed by atoms with Gasteiger partial charge < -0.3 is 24.3 Å². The van der Waals surface area contributed by atoms with E-state index < -0.39 is 0 Å². The number of carbonyl (C=O) groups excluding carboxylic acids is 2. The number of rotatable bonds is 2. The Balaban J connectivity index is -0.000000219. The molecule has 4 fully saturated rings. The number of amides is 2. The molecule has 7 heteroatoms. The Labute approximate surface area is 421 Å². The number of fused-ring (bicyclic) bond motifs is 1. The number of benzene rings is 5. The summed E-state index contributed by atoms with van der Waals surface area (Å²) in [6, 6.07) is 45.5. The highest BCUT2D eigenvalue weighted by Gasteiger charge is 2.18. The highest BCUT2D eigenvalue weighted by Crippen LogP contribution is 2.16. The minimum absolute atomic E-state index is 0. The molecule has 4 aliphatic rings. The van der Waals surface area contributed by atoms with E-state index in [4.69, 9.17) is 4.74 Å². The zero-order chi connectivity index (χ0) is 50.4. The maximum atomic E-state index is 10.6. The van der Waals surface area contributed by atoms with Gasteiger partial charge in [-0.1, -0.05) is 215 Å². The van der Waals surface area contributed by atoms with Gasteiger partial charge in [-0.3, -0.25) is 9.59 Å². The SMILES string of the molecule is C.C.CC.CC.CC.CC.CC(=O)N1CC1.CC(=O)N1CCCC1.CN1CC1.CN1CCCC1.COCc1ccccc1.Cc1cccc2ccccc12.Cc1ccccc1.Cc1ccccc1. The molecule has 0 aliphatic carbocycles. The quantitative estimate of drug-likeness (QED) is 0.165. The summed E-state index contributed by atoms with van der Waals surface area (Å²) < 4.78 is 4.93. The number of likely N-dealkylation sites (tertiary alicyclic amines) is 2. The first-order valence-electron chi connectivity index (χ1n) is 24.9. The Morgan fingerprint density at radius 1 is 0.441 bits per heavy atom. The third-order valence-electron chi connectivity index (χ3n) is 9.49. The standard InChI is InChI=1S/C11H10.C8H10O.2C7H8.C6H11NO.C5H11N.C4H7NO.C3H7N.4C2H6.2CH4/c1-9-5-4-7-10-6-2-3-8-11(9)10;1-9-7-8-5-3-2-4-6-8;2*1-7-5-3-2-4-6-7;1-6(8)7-4-2-3-5-7;1-6-4-2-3-5-6;1-4(6)5-2-3-5;1-4-2-3-4;4*1-2;;/h2-8H,1H3;2-6H,7H2,1H3;2*2-6H,1H3;2-5H2,1H3;2-5H2,1H3;2-3H2,1H3;2-3H2,1H3;4*1-2H3;2*1H4. The van der Waals surface area contributed by atoms with E-state index in [1.54, 1.807) is 25.9 Å². The van der Waals surface area contributed by atoms with E-state index in [-0.39, 0.29) is 26.7 Å². The molecule has 0 aromatic heterocycles. The van der Waals surface area contributed by atoms with E-state index in [2.05, 4.69) is 111 Å². The number of ether oxygens (including phenoxy) is 1. The van der Waals surface area contributed by atoms with Gasteiger partial charge in [0.2, 0.25) is 11.8 Å². The van der Waals surface area contributed by atoms with Crippen molar-refractivity contribution in [3.05, 3.63) is 156 Å². The number of likely N-dealkylation sites (N-methyl/N-ethyl adjacent to an activating group) is 1. The van der Waals surface area contributed by atoms with Crippen molar-refractivity contribution in [2.45, 2.75) is 137 Å². The van der Waals surface area contributed by atoms with Crippen LogP contribution in [-0.4, -0.2) is 105 Å². The average Bonchev–Trinajstić information content (AvgIpc) is 4.26. The molecule has 0 unspecified atom stereocenters. The Hall–Kier alpha value is -4.82. The Kier molecular flexibility index (Phi) is 54.7. The van der Waals surface area contributed by atoms with E-state index in [0.717, 1.165) is 26.2 Å². The van der Waals surface area contributed by atoms with Gasteiger partial charge in [0.15, 0.2) is 0 Å². The highest BCUT2D eigenvalue weighted by molar-refractivity contribution is 5.85. The zero-order valence-corrected chi connectivity index (χ0v) is 44.9. The van der Waals surface area contributed by atoms with Gasteiger partial charge >= 0.3 is 0 Å². The molecule has 9 rings (SSSR count). The highest BCUT2D eigenvalue weighted by atomic mass is 16.5. The van der Waals surface area contributed by atoms with Crippen LogP contribution in [0.2, 0.25) is 0 Å². The molecule has 7 nitrogen and oxygen atoms in total. The molecule has 0 N–H and O–H groups in total. The fourth-order valence-electron chi connectivity index (χ4n) is 5.57. The molecule has 0 bridgehead atoms.